The third-order valence-electron chi connectivity index (χ3n) is 4.29. The summed E-state index contributed by atoms with van der Waals surface area (Å²) in [6.45, 7) is 0. The van der Waals surface area contributed by atoms with E-state index < -0.39 is 0 Å². The van der Waals surface area contributed by atoms with Gasteiger partial charge in [-0.05, 0) is 18.2 Å². The Kier molecular flexibility index (Phi) is 3.29. The Bertz CT molecular complexity index is 1190. The highest BCUT2D eigenvalue weighted by Crippen LogP contribution is 2.35. The van der Waals surface area contributed by atoms with Gasteiger partial charge >= 0.3 is 0 Å². The quantitative estimate of drug-likeness (QED) is 0.393. The molecule has 0 atom stereocenters. The molecule has 0 amide bonds. The Balaban J connectivity index is 1.65. The first kappa shape index (κ1) is 14.9. The van der Waals surface area contributed by atoms with Crippen LogP contribution in [0.4, 0.5) is 0 Å². The fraction of sp³-hybridized carbons (Fsp3) is 0.0526. The van der Waals surface area contributed by atoms with Crippen LogP contribution in [0.15, 0.2) is 65.4 Å². The van der Waals surface area contributed by atoms with Gasteiger partial charge in [0.2, 0.25) is 4.96 Å². The Morgan fingerprint density at radius 3 is 2.68 bits per heavy atom. The molecule has 0 radical (unpaired) electrons. The molecule has 3 aromatic heterocycles. The molecule has 0 bridgehead atoms. The lowest BCUT2D eigenvalue weighted by Gasteiger charge is -1.96. The monoisotopic (exact) mass is 408 g/mol. The van der Waals surface area contributed by atoms with Crippen LogP contribution >= 0.6 is 27.3 Å². The maximum Gasteiger partial charge on any atom is 0.213 e. The maximum absolute atomic E-state index is 4.77. The van der Waals surface area contributed by atoms with E-state index in [2.05, 4.69) is 64.1 Å². The molecule has 0 aliphatic carbocycles. The number of fused-ring (bicyclic) bond motifs is 2. The Hall–Kier alpha value is -2.44. The second kappa shape index (κ2) is 5.54. The lowest BCUT2D eigenvalue weighted by molar-refractivity contribution is 0.961. The molecule has 0 saturated heterocycles. The van der Waals surface area contributed by atoms with Crippen molar-refractivity contribution in [3.05, 3.63) is 65.4 Å². The van der Waals surface area contributed by atoms with Crippen LogP contribution in [-0.4, -0.2) is 19.2 Å². The van der Waals surface area contributed by atoms with Crippen molar-refractivity contribution in [3.8, 4) is 21.8 Å². The summed E-state index contributed by atoms with van der Waals surface area (Å²) in [5.41, 5.74) is 4.38. The van der Waals surface area contributed by atoms with Crippen LogP contribution in [0.1, 0.15) is 0 Å². The van der Waals surface area contributed by atoms with E-state index in [0.29, 0.717) is 0 Å². The Labute approximate surface area is 156 Å². The molecule has 5 rings (SSSR count). The molecule has 0 unspecified atom stereocenters. The summed E-state index contributed by atoms with van der Waals surface area (Å²) in [7, 11) is 2.06. The number of hydrogen-bond acceptors (Lipinski definition) is 3. The van der Waals surface area contributed by atoms with Gasteiger partial charge in [0.1, 0.15) is 5.01 Å². The summed E-state index contributed by atoms with van der Waals surface area (Å²) < 4.78 is 5.08. The van der Waals surface area contributed by atoms with Gasteiger partial charge in [-0.3, -0.25) is 0 Å². The summed E-state index contributed by atoms with van der Waals surface area (Å²) in [5, 5.41) is 6.94. The van der Waals surface area contributed by atoms with E-state index in [9.17, 15) is 0 Å². The van der Waals surface area contributed by atoms with Gasteiger partial charge in [0, 0.05) is 39.7 Å². The van der Waals surface area contributed by atoms with Crippen molar-refractivity contribution in [1.29, 1.82) is 0 Å². The molecular formula is C19H13BrN4S. The van der Waals surface area contributed by atoms with Crippen molar-refractivity contribution >= 4 is 43.1 Å². The van der Waals surface area contributed by atoms with E-state index in [1.54, 1.807) is 11.3 Å². The minimum atomic E-state index is 0.904. The first-order valence-corrected chi connectivity index (χ1v) is 9.46. The molecular weight excluding hydrogens is 396 g/mol. The molecule has 0 aliphatic rings. The van der Waals surface area contributed by atoms with Crippen molar-refractivity contribution in [2.45, 2.75) is 0 Å². The van der Waals surface area contributed by atoms with Crippen LogP contribution < -0.4 is 0 Å². The predicted molar refractivity (Wildman–Crippen MR) is 106 cm³/mol. The number of benzene rings is 2. The topological polar surface area (TPSA) is 35.1 Å². The SMILES string of the molecule is Cn1cc(-c2nn3cc(-c4ccccc4)nc3s2)c2cc(Br)ccc21. The minimum Gasteiger partial charge on any atom is -0.350 e. The van der Waals surface area contributed by atoms with Crippen LogP contribution in [-0.2, 0) is 7.05 Å². The van der Waals surface area contributed by atoms with Crippen molar-refractivity contribution in [2.24, 2.45) is 7.05 Å². The van der Waals surface area contributed by atoms with Crippen molar-refractivity contribution in [1.82, 2.24) is 19.2 Å². The first-order valence-electron chi connectivity index (χ1n) is 7.85. The number of imidazole rings is 1. The van der Waals surface area contributed by atoms with Crippen molar-refractivity contribution in [2.75, 3.05) is 0 Å². The zero-order valence-electron chi connectivity index (χ0n) is 13.3. The Morgan fingerprint density at radius 1 is 1.04 bits per heavy atom. The average Bonchev–Trinajstić information content (AvgIpc) is 3.27. The van der Waals surface area contributed by atoms with Crippen LogP contribution in [0.25, 0.3) is 37.7 Å². The maximum atomic E-state index is 4.77. The fourth-order valence-corrected chi connectivity index (χ4v) is 4.36. The molecule has 122 valence electrons. The van der Waals surface area contributed by atoms with E-state index in [1.165, 1.54) is 10.9 Å². The highest BCUT2D eigenvalue weighted by Gasteiger charge is 2.15. The number of nitrogens with zero attached hydrogens (tertiary/aromatic N) is 4. The number of halogens is 1. The second-order valence-corrected chi connectivity index (χ2v) is 7.81. The highest BCUT2D eigenvalue weighted by atomic mass is 79.9. The van der Waals surface area contributed by atoms with Gasteiger partial charge < -0.3 is 4.57 Å². The smallest absolute Gasteiger partial charge is 0.213 e. The molecule has 5 aromatic rings. The van der Waals surface area contributed by atoms with Crippen molar-refractivity contribution in [3.63, 3.8) is 0 Å². The van der Waals surface area contributed by atoms with Crippen LogP contribution in [0.2, 0.25) is 0 Å². The van der Waals surface area contributed by atoms with Gasteiger partial charge in [-0.1, -0.05) is 57.6 Å². The Morgan fingerprint density at radius 2 is 1.88 bits per heavy atom. The standard InChI is InChI=1S/C19H13BrN4S/c1-23-10-15(14-9-13(20)7-8-17(14)23)18-22-24-11-16(21-19(24)25-18)12-5-3-2-4-6-12/h2-11H,1H3. The molecule has 4 nitrogen and oxygen atoms in total. The molecule has 3 heterocycles. The van der Waals surface area contributed by atoms with E-state index in [1.807, 2.05) is 28.9 Å². The molecule has 0 saturated carbocycles. The predicted octanol–water partition coefficient (Wildman–Crippen LogP) is 5.38. The number of aromatic nitrogens is 4. The number of rotatable bonds is 2. The largest absolute Gasteiger partial charge is 0.350 e. The van der Waals surface area contributed by atoms with E-state index in [-0.39, 0.29) is 0 Å². The van der Waals surface area contributed by atoms with Crippen LogP contribution in [0, 0.1) is 0 Å². The zero-order valence-corrected chi connectivity index (χ0v) is 15.8. The summed E-state index contributed by atoms with van der Waals surface area (Å²) in [6.07, 6.45) is 4.12. The lowest BCUT2D eigenvalue weighted by atomic mass is 10.2. The summed E-state index contributed by atoms with van der Waals surface area (Å²) in [4.78, 5) is 5.64. The third-order valence-corrected chi connectivity index (χ3v) is 5.74. The fourth-order valence-electron chi connectivity index (χ4n) is 3.09. The van der Waals surface area contributed by atoms with E-state index in [0.717, 1.165) is 31.3 Å². The molecule has 6 heteroatoms. The van der Waals surface area contributed by atoms with Gasteiger partial charge in [0.25, 0.3) is 0 Å². The summed E-state index contributed by atoms with van der Waals surface area (Å²) in [5.74, 6) is 0. The van der Waals surface area contributed by atoms with Crippen LogP contribution in [0.3, 0.4) is 0 Å². The summed E-state index contributed by atoms with van der Waals surface area (Å²) >= 11 is 5.18. The molecule has 25 heavy (non-hydrogen) atoms. The number of hydrogen-bond donors (Lipinski definition) is 0. The molecule has 2 aromatic carbocycles. The third kappa shape index (κ3) is 2.41. The van der Waals surface area contributed by atoms with Gasteiger partial charge in [-0.25, -0.2) is 9.50 Å². The summed E-state index contributed by atoms with van der Waals surface area (Å²) in [6, 6.07) is 16.5. The van der Waals surface area contributed by atoms with Crippen LogP contribution in [0.5, 0.6) is 0 Å². The second-order valence-electron chi connectivity index (χ2n) is 5.94. The zero-order chi connectivity index (χ0) is 17.0. The minimum absolute atomic E-state index is 0.904. The molecule has 0 spiro atoms. The van der Waals surface area contributed by atoms with E-state index in [4.69, 9.17) is 10.1 Å². The molecule has 0 N–H and O–H groups in total. The normalized spacial score (nSPS) is 11.6. The molecule has 0 fully saturated rings. The number of aryl methyl sites for hydroxylation is 1. The first-order chi connectivity index (χ1) is 12.2. The average molecular weight is 409 g/mol. The van der Waals surface area contributed by atoms with E-state index >= 15 is 0 Å². The van der Waals surface area contributed by atoms with Gasteiger partial charge in [0.15, 0.2) is 0 Å². The highest BCUT2D eigenvalue weighted by molar-refractivity contribution is 9.10. The van der Waals surface area contributed by atoms with Gasteiger partial charge in [-0.15, -0.1) is 0 Å². The lowest BCUT2D eigenvalue weighted by Crippen LogP contribution is -1.82. The molecule has 0 aliphatic heterocycles. The van der Waals surface area contributed by atoms with Crippen molar-refractivity contribution < 1.29 is 0 Å². The van der Waals surface area contributed by atoms with Gasteiger partial charge in [0.05, 0.1) is 11.9 Å². The van der Waals surface area contributed by atoms with Gasteiger partial charge in [-0.2, -0.15) is 5.10 Å².